The summed E-state index contributed by atoms with van der Waals surface area (Å²) in [6.07, 6.45) is 1.50. The number of rotatable bonds is 5. The van der Waals surface area contributed by atoms with Crippen molar-refractivity contribution in [3.63, 3.8) is 0 Å². The van der Waals surface area contributed by atoms with E-state index < -0.39 is 17.7 Å². The topological polar surface area (TPSA) is 111 Å². The Balaban J connectivity index is 1.68. The molecule has 144 valence electrons. The number of methoxy groups -OCH3 is 1. The third-order valence-electron chi connectivity index (χ3n) is 4.97. The summed E-state index contributed by atoms with van der Waals surface area (Å²) in [6, 6.07) is 2.52. The number of aliphatic hydroxyl groups excluding tert-OH is 1. The Morgan fingerprint density at radius 2 is 2.18 bits per heavy atom. The molecule has 2 aromatic rings. The van der Waals surface area contributed by atoms with Crippen LogP contribution < -0.4 is 19.1 Å². The summed E-state index contributed by atoms with van der Waals surface area (Å²) in [6.45, 7) is 0.0494. The molecule has 3 heterocycles. The van der Waals surface area contributed by atoms with Gasteiger partial charge in [-0.2, -0.15) is 0 Å². The molecule has 0 saturated heterocycles. The summed E-state index contributed by atoms with van der Waals surface area (Å²) in [5.41, 5.74) is 2.11. The summed E-state index contributed by atoms with van der Waals surface area (Å²) < 4.78 is 16.3. The lowest BCUT2D eigenvalue weighted by Gasteiger charge is -2.24. The van der Waals surface area contributed by atoms with Gasteiger partial charge in [0, 0.05) is 5.92 Å². The van der Waals surface area contributed by atoms with Gasteiger partial charge in [0.25, 0.3) is 5.91 Å². The number of carbonyl (C=O) groups excluding carboxylic acids is 2. The Bertz CT molecular complexity index is 1010. The lowest BCUT2D eigenvalue weighted by atomic mass is 9.94. The Kier molecular flexibility index (Phi) is 3.76. The van der Waals surface area contributed by atoms with Crippen molar-refractivity contribution < 1.29 is 28.9 Å². The van der Waals surface area contributed by atoms with Crippen LogP contribution in [0.1, 0.15) is 24.4 Å². The molecule has 0 bridgehead atoms. The zero-order valence-corrected chi connectivity index (χ0v) is 15.6. The first kappa shape index (κ1) is 17.0. The maximum atomic E-state index is 12.9. The van der Waals surface area contributed by atoms with Crippen LogP contribution in [-0.2, 0) is 9.59 Å². The van der Waals surface area contributed by atoms with Crippen molar-refractivity contribution >= 4 is 28.2 Å². The molecule has 1 aromatic carbocycles. The van der Waals surface area contributed by atoms with E-state index in [4.69, 9.17) is 14.2 Å². The Hall–Kier alpha value is -3.14. The van der Waals surface area contributed by atoms with Crippen molar-refractivity contribution in [3.8, 4) is 17.2 Å². The molecule has 3 aliphatic rings. The fourth-order valence-electron chi connectivity index (χ4n) is 3.52. The smallest absolute Gasteiger partial charge is 0.296 e. The van der Waals surface area contributed by atoms with Crippen LogP contribution in [0.25, 0.3) is 0 Å². The van der Waals surface area contributed by atoms with Gasteiger partial charge in [-0.05, 0) is 30.5 Å². The molecule has 0 spiro atoms. The van der Waals surface area contributed by atoms with Crippen molar-refractivity contribution in [3.05, 3.63) is 34.5 Å². The zero-order chi connectivity index (χ0) is 19.4. The molecule has 1 amide bonds. The zero-order valence-electron chi connectivity index (χ0n) is 14.7. The highest BCUT2D eigenvalue weighted by atomic mass is 32.1. The van der Waals surface area contributed by atoms with E-state index in [-0.39, 0.29) is 29.2 Å². The largest absolute Gasteiger partial charge is 0.503 e. The van der Waals surface area contributed by atoms with E-state index in [9.17, 15) is 14.7 Å². The number of Topliss-reactive ketones (excluding diaryl/α,β-unsaturated/α-hetero) is 1. The molecule has 5 rings (SSSR count). The maximum absolute atomic E-state index is 12.9. The van der Waals surface area contributed by atoms with Gasteiger partial charge in [0.15, 0.2) is 23.0 Å². The molecule has 1 N–H and O–H groups in total. The van der Waals surface area contributed by atoms with Crippen LogP contribution in [0.3, 0.4) is 0 Å². The monoisotopic (exact) mass is 401 g/mol. The van der Waals surface area contributed by atoms with Crippen molar-refractivity contribution in [2.75, 3.05) is 18.8 Å². The third kappa shape index (κ3) is 2.44. The second-order valence-corrected chi connectivity index (χ2v) is 7.47. The quantitative estimate of drug-likeness (QED) is 0.811. The molecule has 10 heteroatoms. The lowest BCUT2D eigenvalue weighted by molar-refractivity contribution is -0.118. The number of carbonyl (C=O) groups is 2. The number of aromatic nitrogens is 2. The fraction of sp³-hybridized carbons (Fsp3) is 0.333. The number of hydrogen-bond donors (Lipinski definition) is 1. The summed E-state index contributed by atoms with van der Waals surface area (Å²) >= 11 is 1.14. The van der Waals surface area contributed by atoms with E-state index >= 15 is 0 Å². The number of amides is 1. The van der Waals surface area contributed by atoms with Crippen LogP contribution >= 0.6 is 11.3 Å². The lowest BCUT2D eigenvalue weighted by Crippen LogP contribution is -2.31. The highest BCUT2D eigenvalue weighted by Crippen LogP contribution is 2.49. The number of aliphatic hydroxyl groups is 1. The second kappa shape index (κ2) is 6.20. The molecule has 1 unspecified atom stereocenters. The molecular weight excluding hydrogens is 386 g/mol. The molecule has 1 saturated carbocycles. The molecule has 28 heavy (non-hydrogen) atoms. The van der Waals surface area contributed by atoms with Crippen LogP contribution in [0.15, 0.2) is 29.0 Å². The first-order valence-corrected chi connectivity index (χ1v) is 9.52. The van der Waals surface area contributed by atoms with Gasteiger partial charge in [-0.3, -0.25) is 14.5 Å². The highest BCUT2D eigenvalue weighted by Gasteiger charge is 2.49. The molecule has 1 aromatic heterocycles. The SMILES string of the molecule is COc1cc(C2C(C(=O)C3CC3)=C(O)C(=O)N2c2nncs2)cc2c1OCO2. The van der Waals surface area contributed by atoms with Crippen molar-refractivity contribution in [1.82, 2.24) is 10.2 Å². The summed E-state index contributed by atoms with van der Waals surface area (Å²) in [5.74, 6) is -0.294. The molecule has 2 aliphatic heterocycles. The van der Waals surface area contributed by atoms with Crippen molar-refractivity contribution in [2.24, 2.45) is 5.92 Å². The van der Waals surface area contributed by atoms with Crippen LogP contribution in [0.5, 0.6) is 17.2 Å². The molecule has 1 fully saturated rings. The number of nitrogens with zero attached hydrogens (tertiary/aromatic N) is 3. The van der Waals surface area contributed by atoms with Gasteiger partial charge in [-0.25, -0.2) is 0 Å². The second-order valence-electron chi connectivity index (χ2n) is 6.66. The van der Waals surface area contributed by atoms with E-state index in [1.165, 1.54) is 17.5 Å². The number of benzene rings is 1. The van der Waals surface area contributed by atoms with Crippen LogP contribution in [0.4, 0.5) is 5.13 Å². The number of ether oxygens (including phenoxy) is 3. The molecular formula is C18H15N3O6S. The van der Waals surface area contributed by atoms with Crippen molar-refractivity contribution in [2.45, 2.75) is 18.9 Å². The van der Waals surface area contributed by atoms with E-state index in [0.717, 1.165) is 24.2 Å². The molecule has 0 radical (unpaired) electrons. The van der Waals surface area contributed by atoms with E-state index in [1.54, 1.807) is 12.1 Å². The van der Waals surface area contributed by atoms with E-state index in [1.807, 2.05) is 0 Å². The predicted octanol–water partition coefficient (Wildman–Crippen LogP) is 2.15. The van der Waals surface area contributed by atoms with E-state index in [0.29, 0.717) is 22.8 Å². The van der Waals surface area contributed by atoms with Gasteiger partial charge in [0.05, 0.1) is 18.7 Å². The van der Waals surface area contributed by atoms with Gasteiger partial charge in [-0.15, -0.1) is 10.2 Å². The normalized spacial score (nSPS) is 20.8. The Morgan fingerprint density at radius 1 is 1.36 bits per heavy atom. The predicted molar refractivity (Wildman–Crippen MR) is 96.6 cm³/mol. The summed E-state index contributed by atoms with van der Waals surface area (Å²) in [7, 11) is 1.49. The molecule has 1 atom stereocenters. The summed E-state index contributed by atoms with van der Waals surface area (Å²) in [5, 5.41) is 18.6. The van der Waals surface area contributed by atoms with Crippen molar-refractivity contribution in [1.29, 1.82) is 0 Å². The first-order valence-electron chi connectivity index (χ1n) is 8.64. The minimum Gasteiger partial charge on any atom is -0.503 e. The van der Waals surface area contributed by atoms with Crippen LogP contribution in [0, 0.1) is 5.92 Å². The number of fused-ring (bicyclic) bond motifs is 1. The van der Waals surface area contributed by atoms with Gasteiger partial charge in [0.1, 0.15) is 5.51 Å². The van der Waals surface area contributed by atoms with Crippen LogP contribution in [-0.4, -0.2) is 40.9 Å². The molecule has 9 nitrogen and oxygen atoms in total. The van der Waals surface area contributed by atoms with Gasteiger partial charge >= 0.3 is 0 Å². The highest BCUT2D eigenvalue weighted by molar-refractivity contribution is 7.13. The van der Waals surface area contributed by atoms with Gasteiger partial charge < -0.3 is 19.3 Å². The average Bonchev–Trinajstić information content (AvgIpc) is 3.10. The average molecular weight is 401 g/mol. The Morgan fingerprint density at radius 3 is 2.86 bits per heavy atom. The maximum Gasteiger partial charge on any atom is 0.296 e. The van der Waals surface area contributed by atoms with E-state index in [2.05, 4.69) is 10.2 Å². The minimum absolute atomic E-state index is 0.0494. The fourth-order valence-corrected chi connectivity index (χ4v) is 4.10. The standard InChI is InChI=1S/C18H15N3O6S/c1-25-10-4-9(5-11-16(10)27-7-26-11)13-12(14(22)8-2-3-8)15(23)17(24)21(13)18-20-19-6-28-18/h4-6,8,13,23H,2-3,7H2,1H3. The summed E-state index contributed by atoms with van der Waals surface area (Å²) in [4.78, 5) is 27.1. The van der Waals surface area contributed by atoms with Gasteiger partial charge in [0.2, 0.25) is 17.7 Å². The van der Waals surface area contributed by atoms with Crippen LogP contribution in [0.2, 0.25) is 0 Å². The third-order valence-corrected chi connectivity index (χ3v) is 5.66. The van der Waals surface area contributed by atoms with Gasteiger partial charge in [-0.1, -0.05) is 11.3 Å². The molecule has 1 aliphatic carbocycles. The number of hydrogen-bond acceptors (Lipinski definition) is 9. The number of ketones is 1. The minimum atomic E-state index is -0.850. The Labute approximate surface area is 163 Å². The number of anilines is 1. The first-order chi connectivity index (χ1) is 13.6.